The third-order valence-corrected chi connectivity index (χ3v) is 4.58. The maximum absolute atomic E-state index is 12.5. The summed E-state index contributed by atoms with van der Waals surface area (Å²) < 4.78 is 4.96. The first-order valence-corrected chi connectivity index (χ1v) is 8.32. The van der Waals surface area contributed by atoms with Crippen molar-refractivity contribution in [1.29, 1.82) is 0 Å². The van der Waals surface area contributed by atoms with Crippen molar-refractivity contribution in [3.8, 4) is 0 Å². The third-order valence-electron chi connectivity index (χ3n) is 4.58. The van der Waals surface area contributed by atoms with E-state index in [4.69, 9.17) is 4.42 Å². The first-order valence-electron chi connectivity index (χ1n) is 8.32. The summed E-state index contributed by atoms with van der Waals surface area (Å²) >= 11 is 0. The highest BCUT2D eigenvalue weighted by Crippen LogP contribution is 2.21. The SMILES string of the molecule is CC(NC(=O)C1CCN(C(=O)c2ccoc2)CC1)c1ccccc1. The van der Waals surface area contributed by atoms with Crippen LogP contribution in [0.25, 0.3) is 0 Å². The normalized spacial score (nSPS) is 16.6. The Kier molecular flexibility index (Phi) is 4.99. The van der Waals surface area contributed by atoms with Crippen molar-refractivity contribution in [2.24, 2.45) is 5.92 Å². The monoisotopic (exact) mass is 326 g/mol. The number of nitrogens with zero attached hydrogens (tertiary/aromatic N) is 1. The maximum atomic E-state index is 12.5. The van der Waals surface area contributed by atoms with Gasteiger partial charge in [0.25, 0.3) is 5.91 Å². The summed E-state index contributed by atoms with van der Waals surface area (Å²) in [4.78, 5) is 26.5. The number of hydrogen-bond donors (Lipinski definition) is 1. The highest BCUT2D eigenvalue weighted by atomic mass is 16.3. The van der Waals surface area contributed by atoms with Gasteiger partial charge in [0.2, 0.25) is 5.91 Å². The lowest BCUT2D eigenvalue weighted by molar-refractivity contribution is -0.126. The highest BCUT2D eigenvalue weighted by molar-refractivity contribution is 5.94. The summed E-state index contributed by atoms with van der Waals surface area (Å²) in [5, 5.41) is 3.08. The largest absolute Gasteiger partial charge is 0.472 e. The predicted molar refractivity (Wildman–Crippen MR) is 90.3 cm³/mol. The first-order chi connectivity index (χ1) is 11.6. The molecule has 1 saturated heterocycles. The molecule has 1 aliphatic rings. The molecule has 2 aromatic rings. The molecular weight excluding hydrogens is 304 g/mol. The molecule has 0 saturated carbocycles. The van der Waals surface area contributed by atoms with Crippen molar-refractivity contribution in [3.05, 3.63) is 60.1 Å². The number of benzene rings is 1. The van der Waals surface area contributed by atoms with E-state index in [1.807, 2.05) is 37.3 Å². The predicted octanol–water partition coefficient (Wildman–Crippen LogP) is 3.01. The number of furan rings is 1. The molecule has 1 aliphatic heterocycles. The Hall–Kier alpha value is -2.56. The van der Waals surface area contributed by atoms with Gasteiger partial charge in [0.1, 0.15) is 6.26 Å². The molecule has 0 bridgehead atoms. The molecule has 2 amide bonds. The van der Waals surface area contributed by atoms with Crippen LogP contribution in [0.5, 0.6) is 0 Å². The van der Waals surface area contributed by atoms with Crippen LogP contribution in [0.15, 0.2) is 53.3 Å². The van der Waals surface area contributed by atoms with Gasteiger partial charge in [-0.15, -0.1) is 0 Å². The van der Waals surface area contributed by atoms with Crippen LogP contribution in [0.2, 0.25) is 0 Å². The fraction of sp³-hybridized carbons (Fsp3) is 0.368. The summed E-state index contributed by atoms with van der Waals surface area (Å²) in [6, 6.07) is 11.6. The average Bonchev–Trinajstić information content (AvgIpc) is 3.16. The summed E-state index contributed by atoms with van der Waals surface area (Å²) in [5.74, 6) is 0.00610. The van der Waals surface area contributed by atoms with Gasteiger partial charge in [-0.1, -0.05) is 30.3 Å². The van der Waals surface area contributed by atoms with Gasteiger partial charge in [0, 0.05) is 19.0 Å². The van der Waals surface area contributed by atoms with Gasteiger partial charge in [-0.2, -0.15) is 0 Å². The van der Waals surface area contributed by atoms with E-state index in [9.17, 15) is 9.59 Å². The summed E-state index contributed by atoms with van der Waals surface area (Å²) in [5.41, 5.74) is 1.66. The number of amides is 2. The molecule has 0 aliphatic carbocycles. The van der Waals surface area contributed by atoms with Crippen LogP contribution in [-0.2, 0) is 4.79 Å². The zero-order valence-electron chi connectivity index (χ0n) is 13.8. The van der Waals surface area contributed by atoms with E-state index in [0.717, 1.165) is 5.56 Å². The molecule has 5 nitrogen and oxygen atoms in total. The molecule has 24 heavy (non-hydrogen) atoms. The quantitative estimate of drug-likeness (QED) is 0.939. The van der Waals surface area contributed by atoms with Gasteiger partial charge in [0.05, 0.1) is 17.9 Å². The Morgan fingerprint density at radius 1 is 1.17 bits per heavy atom. The minimum Gasteiger partial charge on any atom is -0.472 e. The molecule has 126 valence electrons. The van der Waals surface area contributed by atoms with Crippen molar-refractivity contribution >= 4 is 11.8 Å². The summed E-state index contributed by atoms with van der Waals surface area (Å²) in [7, 11) is 0. The molecule has 1 N–H and O–H groups in total. The van der Waals surface area contributed by atoms with E-state index < -0.39 is 0 Å². The van der Waals surface area contributed by atoms with Crippen LogP contribution in [0.1, 0.15) is 41.7 Å². The molecule has 5 heteroatoms. The number of piperidine rings is 1. The summed E-state index contributed by atoms with van der Waals surface area (Å²) in [6.07, 6.45) is 4.34. The Balaban J connectivity index is 1.51. The van der Waals surface area contributed by atoms with Crippen molar-refractivity contribution < 1.29 is 14.0 Å². The maximum Gasteiger partial charge on any atom is 0.257 e. The lowest BCUT2D eigenvalue weighted by atomic mass is 9.95. The fourth-order valence-electron chi connectivity index (χ4n) is 3.07. The van der Waals surface area contributed by atoms with Gasteiger partial charge in [0.15, 0.2) is 0 Å². The Morgan fingerprint density at radius 3 is 2.50 bits per heavy atom. The number of carbonyl (C=O) groups excluding carboxylic acids is 2. The highest BCUT2D eigenvalue weighted by Gasteiger charge is 2.28. The number of rotatable bonds is 4. The molecule has 1 unspecified atom stereocenters. The van der Waals surface area contributed by atoms with Gasteiger partial charge in [-0.25, -0.2) is 0 Å². The number of carbonyl (C=O) groups is 2. The minimum atomic E-state index is -0.0374. The second-order valence-electron chi connectivity index (χ2n) is 6.22. The van der Waals surface area contributed by atoms with Gasteiger partial charge >= 0.3 is 0 Å². The number of likely N-dealkylation sites (tertiary alicyclic amines) is 1. The average molecular weight is 326 g/mol. The van der Waals surface area contributed by atoms with Crippen LogP contribution in [0, 0.1) is 5.92 Å². The number of hydrogen-bond acceptors (Lipinski definition) is 3. The fourth-order valence-corrected chi connectivity index (χ4v) is 3.07. The molecule has 0 radical (unpaired) electrons. The zero-order valence-corrected chi connectivity index (χ0v) is 13.8. The lowest BCUT2D eigenvalue weighted by Crippen LogP contribution is -2.43. The first kappa shape index (κ1) is 16.3. The Labute approximate surface area is 141 Å². The smallest absolute Gasteiger partial charge is 0.257 e. The topological polar surface area (TPSA) is 62.6 Å². The van der Waals surface area contributed by atoms with E-state index in [1.165, 1.54) is 12.5 Å². The van der Waals surface area contributed by atoms with Gasteiger partial charge < -0.3 is 14.6 Å². The molecule has 3 rings (SSSR count). The molecule has 2 heterocycles. The van der Waals surface area contributed by atoms with Gasteiger partial charge in [-0.3, -0.25) is 9.59 Å². The van der Waals surface area contributed by atoms with Crippen molar-refractivity contribution in [1.82, 2.24) is 10.2 Å². The van der Waals surface area contributed by atoms with E-state index in [-0.39, 0.29) is 23.8 Å². The van der Waals surface area contributed by atoms with Crippen molar-refractivity contribution in [3.63, 3.8) is 0 Å². The molecule has 1 aromatic heterocycles. The van der Waals surface area contributed by atoms with Crippen LogP contribution in [0.3, 0.4) is 0 Å². The molecule has 1 aromatic carbocycles. The standard InChI is InChI=1S/C19H22N2O3/c1-14(15-5-3-2-4-6-15)20-18(22)16-7-10-21(11-8-16)19(23)17-9-12-24-13-17/h2-6,9,12-14,16H,7-8,10-11H2,1H3,(H,20,22). The Bertz CT molecular complexity index is 674. The molecular formula is C19H22N2O3. The van der Waals surface area contributed by atoms with E-state index in [0.29, 0.717) is 31.5 Å². The van der Waals surface area contributed by atoms with E-state index >= 15 is 0 Å². The minimum absolute atomic E-state index is 0.00991. The Morgan fingerprint density at radius 2 is 1.88 bits per heavy atom. The molecule has 1 fully saturated rings. The summed E-state index contributed by atoms with van der Waals surface area (Å²) in [6.45, 7) is 3.19. The van der Waals surface area contributed by atoms with Crippen LogP contribution in [-0.4, -0.2) is 29.8 Å². The van der Waals surface area contributed by atoms with Crippen LogP contribution >= 0.6 is 0 Å². The lowest BCUT2D eigenvalue weighted by Gasteiger charge is -2.31. The van der Waals surface area contributed by atoms with Crippen LogP contribution in [0.4, 0.5) is 0 Å². The second-order valence-corrected chi connectivity index (χ2v) is 6.22. The van der Waals surface area contributed by atoms with E-state index in [2.05, 4.69) is 5.32 Å². The zero-order chi connectivity index (χ0) is 16.9. The second kappa shape index (κ2) is 7.34. The van der Waals surface area contributed by atoms with Crippen molar-refractivity contribution in [2.75, 3.05) is 13.1 Å². The third kappa shape index (κ3) is 3.67. The van der Waals surface area contributed by atoms with Crippen LogP contribution < -0.4 is 5.32 Å². The van der Waals surface area contributed by atoms with E-state index in [1.54, 1.807) is 11.0 Å². The number of nitrogens with one attached hydrogen (secondary N) is 1. The molecule has 1 atom stereocenters. The molecule has 0 spiro atoms. The van der Waals surface area contributed by atoms with Gasteiger partial charge in [-0.05, 0) is 31.4 Å². The van der Waals surface area contributed by atoms with Crippen molar-refractivity contribution in [2.45, 2.75) is 25.8 Å².